The van der Waals surface area contributed by atoms with Gasteiger partial charge in [0.05, 0.1) is 22.6 Å². The molecule has 2 rings (SSSR count). The second kappa shape index (κ2) is 6.27. The summed E-state index contributed by atoms with van der Waals surface area (Å²) >= 11 is 6.15. The Hall–Kier alpha value is -1.55. The van der Waals surface area contributed by atoms with Gasteiger partial charge in [-0.1, -0.05) is 24.6 Å². The van der Waals surface area contributed by atoms with Crippen LogP contribution in [0.2, 0.25) is 5.02 Å². The fourth-order valence-electron chi connectivity index (χ4n) is 1.61. The molecule has 0 spiro atoms. The van der Waals surface area contributed by atoms with Crippen LogP contribution in [0, 0.1) is 5.92 Å². The SMILES string of the molecule is CC[C@H](C)Oc1cccc(C(=O)OC(=O)C2CC2)c1Cl. The van der Waals surface area contributed by atoms with E-state index in [0.29, 0.717) is 5.75 Å². The molecule has 1 fully saturated rings. The molecule has 1 aliphatic rings. The molecule has 0 radical (unpaired) electrons. The van der Waals surface area contributed by atoms with Crippen LogP contribution in [0.25, 0.3) is 0 Å². The Morgan fingerprint density at radius 1 is 1.40 bits per heavy atom. The zero-order valence-electron chi connectivity index (χ0n) is 11.5. The molecule has 1 aromatic rings. The van der Waals surface area contributed by atoms with Gasteiger partial charge in [0.25, 0.3) is 0 Å². The highest BCUT2D eigenvalue weighted by atomic mass is 35.5. The number of carbonyl (C=O) groups excluding carboxylic acids is 2. The molecule has 1 atom stereocenters. The summed E-state index contributed by atoms with van der Waals surface area (Å²) in [4.78, 5) is 23.4. The fourth-order valence-corrected chi connectivity index (χ4v) is 1.86. The second-order valence-electron chi connectivity index (χ2n) is 4.94. The lowest BCUT2D eigenvalue weighted by Gasteiger charge is -2.15. The van der Waals surface area contributed by atoms with Crippen LogP contribution in [-0.2, 0) is 9.53 Å². The Balaban J connectivity index is 2.12. The number of benzene rings is 1. The average Bonchev–Trinajstić information content (AvgIpc) is 3.25. The minimum atomic E-state index is -0.721. The van der Waals surface area contributed by atoms with E-state index in [2.05, 4.69) is 0 Å². The average molecular weight is 297 g/mol. The van der Waals surface area contributed by atoms with E-state index < -0.39 is 11.9 Å². The molecule has 0 saturated heterocycles. The Kier molecular flexibility index (Phi) is 4.65. The van der Waals surface area contributed by atoms with Crippen LogP contribution in [0.15, 0.2) is 18.2 Å². The Labute approximate surface area is 123 Å². The van der Waals surface area contributed by atoms with Gasteiger partial charge in [-0.05, 0) is 38.3 Å². The molecule has 108 valence electrons. The van der Waals surface area contributed by atoms with E-state index in [-0.39, 0.29) is 22.6 Å². The molecule has 0 heterocycles. The van der Waals surface area contributed by atoms with Gasteiger partial charge in [0.15, 0.2) is 0 Å². The van der Waals surface area contributed by atoms with Gasteiger partial charge in [0.1, 0.15) is 5.75 Å². The number of ether oxygens (including phenoxy) is 2. The second-order valence-corrected chi connectivity index (χ2v) is 5.32. The molecule has 4 nitrogen and oxygen atoms in total. The van der Waals surface area contributed by atoms with Crippen molar-refractivity contribution in [3.8, 4) is 5.75 Å². The van der Waals surface area contributed by atoms with Crippen LogP contribution in [0.5, 0.6) is 5.75 Å². The number of hydrogen-bond donors (Lipinski definition) is 0. The minimum Gasteiger partial charge on any atom is -0.489 e. The highest BCUT2D eigenvalue weighted by molar-refractivity contribution is 6.35. The van der Waals surface area contributed by atoms with Crippen LogP contribution in [0.3, 0.4) is 0 Å². The van der Waals surface area contributed by atoms with Gasteiger partial charge in [-0.15, -0.1) is 0 Å². The van der Waals surface area contributed by atoms with E-state index in [1.165, 1.54) is 6.07 Å². The third-order valence-electron chi connectivity index (χ3n) is 3.19. The summed E-state index contributed by atoms with van der Waals surface area (Å²) in [5.41, 5.74) is 0.154. The Bertz CT molecular complexity index is 523. The third-order valence-corrected chi connectivity index (χ3v) is 3.58. The maximum atomic E-state index is 11.9. The molecular formula is C15H17ClO4. The summed E-state index contributed by atoms with van der Waals surface area (Å²) in [5, 5.41) is 0.182. The smallest absolute Gasteiger partial charge is 0.347 e. The van der Waals surface area contributed by atoms with Gasteiger partial charge < -0.3 is 9.47 Å². The van der Waals surface area contributed by atoms with Crippen molar-refractivity contribution in [2.24, 2.45) is 5.92 Å². The Morgan fingerprint density at radius 3 is 2.70 bits per heavy atom. The van der Waals surface area contributed by atoms with E-state index in [0.717, 1.165) is 19.3 Å². The third kappa shape index (κ3) is 3.51. The highest BCUT2D eigenvalue weighted by Gasteiger charge is 2.33. The molecule has 0 aromatic heterocycles. The van der Waals surface area contributed by atoms with Gasteiger partial charge >= 0.3 is 11.9 Å². The Morgan fingerprint density at radius 2 is 2.10 bits per heavy atom. The summed E-state index contributed by atoms with van der Waals surface area (Å²) in [6.07, 6.45) is 2.39. The van der Waals surface area contributed by atoms with Gasteiger partial charge in [0, 0.05) is 0 Å². The summed E-state index contributed by atoms with van der Waals surface area (Å²) in [7, 11) is 0. The first-order valence-electron chi connectivity index (χ1n) is 6.74. The van der Waals surface area contributed by atoms with Crippen LogP contribution in [0.4, 0.5) is 0 Å². The van der Waals surface area contributed by atoms with Gasteiger partial charge in [0.2, 0.25) is 0 Å². The van der Waals surface area contributed by atoms with Crippen molar-refractivity contribution in [1.29, 1.82) is 0 Å². The molecule has 20 heavy (non-hydrogen) atoms. The van der Waals surface area contributed by atoms with Crippen molar-refractivity contribution in [2.75, 3.05) is 0 Å². The van der Waals surface area contributed by atoms with Gasteiger partial charge in [-0.3, -0.25) is 4.79 Å². The normalized spacial score (nSPS) is 15.6. The van der Waals surface area contributed by atoms with E-state index in [1.807, 2.05) is 13.8 Å². The molecule has 0 bridgehead atoms. The van der Waals surface area contributed by atoms with Crippen molar-refractivity contribution in [2.45, 2.75) is 39.2 Å². The maximum Gasteiger partial charge on any atom is 0.347 e. The number of carbonyl (C=O) groups is 2. The fraction of sp³-hybridized carbons (Fsp3) is 0.467. The van der Waals surface area contributed by atoms with Crippen LogP contribution in [-0.4, -0.2) is 18.0 Å². The lowest BCUT2D eigenvalue weighted by molar-refractivity contribution is -0.139. The monoisotopic (exact) mass is 296 g/mol. The molecule has 0 N–H and O–H groups in total. The maximum absolute atomic E-state index is 11.9. The molecule has 0 aliphatic heterocycles. The van der Waals surface area contributed by atoms with E-state index in [1.54, 1.807) is 12.1 Å². The topological polar surface area (TPSA) is 52.6 Å². The first-order valence-corrected chi connectivity index (χ1v) is 7.12. The van der Waals surface area contributed by atoms with Gasteiger partial charge in [-0.2, -0.15) is 0 Å². The van der Waals surface area contributed by atoms with Crippen molar-refractivity contribution in [3.63, 3.8) is 0 Å². The number of hydrogen-bond acceptors (Lipinski definition) is 4. The quantitative estimate of drug-likeness (QED) is 0.615. The standard InChI is InChI=1S/C15H17ClO4/c1-3-9(2)19-12-6-4-5-11(13(12)16)15(18)20-14(17)10-7-8-10/h4-6,9-10H,3,7-8H2,1-2H3/t9-/m0/s1. The summed E-state index contributed by atoms with van der Waals surface area (Å²) < 4.78 is 10.4. The van der Waals surface area contributed by atoms with E-state index >= 15 is 0 Å². The van der Waals surface area contributed by atoms with Crippen molar-refractivity contribution < 1.29 is 19.1 Å². The molecule has 1 saturated carbocycles. The lowest BCUT2D eigenvalue weighted by atomic mass is 10.2. The number of esters is 2. The predicted octanol–water partition coefficient (Wildman–Crippen LogP) is 3.61. The zero-order valence-corrected chi connectivity index (χ0v) is 12.3. The van der Waals surface area contributed by atoms with Crippen LogP contribution < -0.4 is 4.74 Å². The van der Waals surface area contributed by atoms with Crippen LogP contribution in [0.1, 0.15) is 43.5 Å². The first kappa shape index (κ1) is 14.9. The summed E-state index contributed by atoms with van der Waals surface area (Å²) in [5.74, 6) is -0.896. The minimum absolute atomic E-state index is 0.00753. The van der Waals surface area contributed by atoms with Crippen molar-refractivity contribution >= 4 is 23.5 Å². The zero-order chi connectivity index (χ0) is 14.7. The van der Waals surface area contributed by atoms with Crippen LogP contribution >= 0.6 is 11.6 Å². The lowest BCUT2D eigenvalue weighted by Crippen LogP contribution is -2.15. The number of rotatable bonds is 5. The molecule has 0 amide bonds. The predicted molar refractivity (Wildman–Crippen MR) is 75.0 cm³/mol. The van der Waals surface area contributed by atoms with Crippen molar-refractivity contribution in [1.82, 2.24) is 0 Å². The van der Waals surface area contributed by atoms with Crippen molar-refractivity contribution in [3.05, 3.63) is 28.8 Å². The highest BCUT2D eigenvalue weighted by Crippen LogP contribution is 2.32. The molecule has 1 aliphatic carbocycles. The van der Waals surface area contributed by atoms with E-state index in [9.17, 15) is 9.59 Å². The van der Waals surface area contributed by atoms with E-state index in [4.69, 9.17) is 21.1 Å². The molecular weight excluding hydrogens is 280 g/mol. The first-order chi connectivity index (χ1) is 9.52. The molecule has 0 unspecified atom stereocenters. The molecule has 5 heteroatoms. The molecule has 1 aromatic carbocycles. The number of halogens is 1. The van der Waals surface area contributed by atoms with Gasteiger partial charge in [-0.25, -0.2) is 4.79 Å². The summed E-state index contributed by atoms with van der Waals surface area (Å²) in [6.45, 7) is 3.91. The summed E-state index contributed by atoms with van der Waals surface area (Å²) in [6, 6.07) is 4.87. The largest absolute Gasteiger partial charge is 0.489 e.